The molecule has 1 saturated heterocycles. The lowest BCUT2D eigenvalue weighted by Gasteiger charge is -2.45. The van der Waals surface area contributed by atoms with Gasteiger partial charge in [0.1, 0.15) is 12.0 Å². The lowest BCUT2D eigenvalue weighted by atomic mass is 9.55. The summed E-state index contributed by atoms with van der Waals surface area (Å²) >= 11 is 0. The summed E-state index contributed by atoms with van der Waals surface area (Å²) in [5.41, 5.74) is 5.22. The Labute approximate surface area is 220 Å². The molecule has 190 valence electrons. The Hall–Kier alpha value is -4.06. The van der Waals surface area contributed by atoms with Crippen LogP contribution in [0.4, 0.5) is 0 Å². The van der Waals surface area contributed by atoms with Crippen molar-refractivity contribution in [1.29, 1.82) is 0 Å². The molecule has 6 heteroatoms. The molecule has 0 aromatic heterocycles. The summed E-state index contributed by atoms with van der Waals surface area (Å²) in [6, 6.07) is 22.8. The van der Waals surface area contributed by atoms with Crippen molar-refractivity contribution in [2.24, 2.45) is 17.8 Å². The summed E-state index contributed by atoms with van der Waals surface area (Å²) in [4.78, 5) is 53.1. The van der Waals surface area contributed by atoms with Crippen molar-refractivity contribution in [3.05, 3.63) is 101 Å². The first-order valence-corrected chi connectivity index (χ1v) is 13.4. The molecule has 1 saturated carbocycles. The molecule has 0 radical (unpaired) electrons. The van der Waals surface area contributed by atoms with Crippen molar-refractivity contribution in [2.45, 2.75) is 43.6 Å². The maximum atomic E-state index is 14.0. The first-order valence-electron chi connectivity index (χ1n) is 13.4. The number of aldehydes is 1. The quantitative estimate of drug-likeness (QED) is 0.219. The number of esters is 1. The van der Waals surface area contributed by atoms with Crippen LogP contribution in [0, 0.1) is 17.8 Å². The maximum absolute atomic E-state index is 14.0. The zero-order chi connectivity index (χ0) is 26.0. The molecule has 0 spiro atoms. The third kappa shape index (κ3) is 3.32. The van der Waals surface area contributed by atoms with Crippen LogP contribution in [0.15, 0.2) is 72.8 Å². The van der Waals surface area contributed by atoms with Gasteiger partial charge in [0.05, 0.1) is 17.8 Å². The minimum Gasteiger partial charge on any atom is -0.426 e. The molecule has 3 aromatic carbocycles. The fourth-order valence-corrected chi connectivity index (χ4v) is 7.44. The van der Waals surface area contributed by atoms with Crippen LogP contribution in [0.25, 0.3) is 0 Å². The molecule has 2 atom stereocenters. The second kappa shape index (κ2) is 8.76. The maximum Gasteiger partial charge on any atom is 0.314 e. The molecule has 3 aromatic rings. The monoisotopic (exact) mass is 505 g/mol. The Morgan fingerprint density at radius 2 is 1.18 bits per heavy atom. The molecule has 2 fully saturated rings. The third-order valence-electron chi connectivity index (χ3n) is 9.11. The molecule has 4 aliphatic carbocycles. The number of carbonyl (C=O) groups is 4. The van der Waals surface area contributed by atoms with E-state index in [0.717, 1.165) is 6.29 Å². The van der Waals surface area contributed by atoms with E-state index in [4.69, 9.17) is 4.74 Å². The van der Waals surface area contributed by atoms with Gasteiger partial charge in [-0.3, -0.25) is 24.1 Å². The number of carbonyl (C=O) groups excluding carboxylic acids is 4. The van der Waals surface area contributed by atoms with Gasteiger partial charge < -0.3 is 4.74 Å². The number of amides is 2. The molecule has 1 aliphatic heterocycles. The van der Waals surface area contributed by atoms with E-state index in [1.807, 2.05) is 24.3 Å². The number of ether oxygens (including phenoxy) is 1. The summed E-state index contributed by atoms with van der Waals surface area (Å²) < 4.78 is 5.54. The van der Waals surface area contributed by atoms with Crippen LogP contribution < -0.4 is 4.74 Å². The molecule has 0 N–H and O–H groups in total. The van der Waals surface area contributed by atoms with Gasteiger partial charge in [0, 0.05) is 23.4 Å². The smallest absolute Gasteiger partial charge is 0.314 e. The fourth-order valence-electron chi connectivity index (χ4n) is 7.44. The molecular weight excluding hydrogens is 478 g/mol. The van der Waals surface area contributed by atoms with Gasteiger partial charge in [-0.15, -0.1) is 0 Å². The second-order valence-corrected chi connectivity index (χ2v) is 10.9. The molecule has 8 rings (SSSR count). The molecular formula is C32H27NO5. The van der Waals surface area contributed by atoms with E-state index in [9.17, 15) is 19.2 Å². The highest BCUT2D eigenvalue weighted by atomic mass is 16.5. The lowest BCUT2D eigenvalue weighted by Crippen LogP contribution is -2.44. The largest absolute Gasteiger partial charge is 0.426 e. The van der Waals surface area contributed by atoms with E-state index >= 15 is 0 Å². The number of nitrogens with zero attached hydrogens (tertiary/aromatic N) is 1. The first kappa shape index (κ1) is 23.1. The van der Waals surface area contributed by atoms with Crippen LogP contribution in [0.2, 0.25) is 0 Å². The minimum absolute atomic E-state index is 0.0553. The van der Waals surface area contributed by atoms with Gasteiger partial charge in [0.2, 0.25) is 11.8 Å². The average molecular weight is 506 g/mol. The Morgan fingerprint density at radius 1 is 0.711 bits per heavy atom. The minimum atomic E-state index is -0.366. The zero-order valence-electron chi connectivity index (χ0n) is 20.8. The van der Waals surface area contributed by atoms with Gasteiger partial charge in [-0.1, -0.05) is 48.5 Å². The summed E-state index contributed by atoms with van der Waals surface area (Å²) in [7, 11) is 0. The van der Waals surface area contributed by atoms with Crippen LogP contribution in [-0.4, -0.2) is 35.0 Å². The normalized spacial score (nSPS) is 28.9. The molecule has 0 unspecified atom stereocenters. The second-order valence-electron chi connectivity index (χ2n) is 10.9. The molecule has 2 bridgehead atoms. The molecule has 5 aliphatic rings. The van der Waals surface area contributed by atoms with Crippen LogP contribution in [-0.2, 0) is 14.4 Å². The summed E-state index contributed by atoms with van der Waals surface area (Å²) in [6.07, 6.45) is 3.06. The number of rotatable bonds is 4. The van der Waals surface area contributed by atoms with Crippen molar-refractivity contribution in [2.75, 3.05) is 0 Å². The highest BCUT2D eigenvalue weighted by Gasteiger charge is 2.62. The Morgan fingerprint density at radius 3 is 1.63 bits per heavy atom. The number of benzene rings is 3. The van der Waals surface area contributed by atoms with Crippen LogP contribution in [0.5, 0.6) is 5.75 Å². The zero-order valence-corrected chi connectivity index (χ0v) is 20.8. The Kier molecular flexibility index (Phi) is 5.32. The van der Waals surface area contributed by atoms with Crippen LogP contribution in [0.3, 0.4) is 0 Å². The average Bonchev–Trinajstić information content (AvgIpc) is 3.23. The van der Waals surface area contributed by atoms with Gasteiger partial charge in [0.25, 0.3) is 0 Å². The van der Waals surface area contributed by atoms with Crippen LogP contribution >= 0.6 is 0 Å². The fraction of sp³-hybridized carbons (Fsp3) is 0.312. The van der Waals surface area contributed by atoms with Crippen molar-refractivity contribution in [3.8, 4) is 5.75 Å². The summed E-state index contributed by atoms with van der Waals surface area (Å²) in [5, 5.41) is 0. The highest BCUT2D eigenvalue weighted by molar-refractivity contribution is 6.08. The number of likely N-dealkylation sites (tertiary alicyclic amines) is 1. The van der Waals surface area contributed by atoms with Crippen molar-refractivity contribution in [3.63, 3.8) is 0 Å². The Balaban J connectivity index is 1.10. The molecule has 2 amide bonds. The number of hydrogen-bond acceptors (Lipinski definition) is 5. The first-order chi connectivity index (χ1) is 18.6. The SMILES string of the molecule is O=Cc1ccc(OC(=O)C2CCC(N3C(=O)[C@@H]4C5c6ccccc6C(c6ccccc65)[C@@H]4C3=O)CC2)cc1. The number of hydrogen-bond donors (Lipinski definition) is 0. The van der Waals surface area contributed by atoms with Crippen molar-refractivity contribution < 1.29 is 23.9 Å². The summed E-state index contributed by atoms with van der Waals surface area (Å²) in [6.45, 7) is 0. The Bertz CT molecular complexity index is 1350. The van der Waals surface area contributed by atoms with Gasteiger partial charge in [-0.25, -0.2) is 0 Å². The van der Waals surface area contributed by atoms with Crippen molar-refractivity contribution >= 4 is 24.1 Å². The van der Waals surface area contributed by atoms with E-state index in [0.29, 0.717) is 37.0 Å². The van der Waals surface area contributed by atoms with E-state index in [1.54, 1.807) is 29.2 Å². The van der Waals surface area contributed by atoms with Crippen molar-refractivity contribution in [1.82, 2.24) is 4.90 Å². The molecule has 6 nitrogen and oxygen atoms in total. The van der Waals surface area contributed by atoms with Gasteiger partial charge in [0.15, 0.2) is 0 Å². The standard InChI is InChI=1S/C32H27NO5/c34-17-18-9-15-21(16-10-18)38-32(37)19-11-13-20(14-12-19)33-30(35)28-26-22-5-1-2-6-23(22)27(29(28)31(33)36)25-8-4-3-7-24(25)26/h1-10,15-17,19-20,26-29H,11-14H2/t19?,20?,26?,27?,28-,29+. The highest BCUT2D eigenvalue weighted by Crippen LogP contribution is 2.61. The molecule has 1 heterocycles. The topological polar surface area (TPSA) is 80.8 Å². The van der Waals surface area contributed by atoms with Crippen LogP contribution in [0.1, 0.15) is 70.1 Å². The molecule has 38 heavy (non-hydrogen) atoms. The van der Waals surface area contributed by atoms with E-state index in [-0.39, 0.29) is 53.4 Å². The van der Waals surface area contributed by atoms with Gasteiger partial charge in [-0.05, 0) is 72.2 Å². The lowest BCUT2D eigenvalue weighted by molar-refractivity contribution is -0.144. The predicted octanol–water partition coefficient (Wildman–Crippen LogP) is 4.86. The third-order valence-corrected chi connectivity index (χ3v) is 9.11. The van der Waals surface area contributed by atoms with Gasteiger partial charge in [-0.2, -0.15) is 0 Å². The summed E-state index contributed by atoms with van der Waals surface area (Å²) in [5.74, 6) is -1.22. The van der Waals surface area contributed by atoms with E-state index < -0.39 is 0 Å². The van der Waals surface area contributed by atoms with Gasteiger partial charge >= 0.3 is 5.97 Å². The number of imide groups is 1. The predicted molar refractivity (Wildman–Crippen MR) is 139 cm³/mol. The van der Waals surface area contributed by atoms with E-state index in [2.05, 4.69) is 24.3 Å². The van der Waals surface area contributed by atoms with E-state index in [1.165, 1.54) is 22.3 Å².